The summed E-state index contributed by atoms with van der Waals surface area (Å²) in [4.78, 5) is 46.2. The number of hydrogen-bond acceptors (Lipinski definition) is 8. The van der Waals surface area contributed by atoms with Gasteiger partial charge in [-0.05, 0) is 52.0 Å². The Morgan fingerprint density at radius 2 is 1.78 bits per heavy atom. The van der Waals surface area contributed by atoms with Gasteiger partial charge in [0.15, 0.2) is 5.82 Å². The number of anilines is 3. The Kier molecular flexibility index (Phi) is 7.18. The third-order valence-electron chi connectivity index (χ3n) is 7.82. The third kappa shape index (κ3) is 5.09. The first kappa shape index (κ1) is 28.7. The molecule has 4 heterocycles. The lowest BCUT2D eigenvalue weighted by Crippen LogP contribution is -2.61. The highest BCUT2D eigenvalue weighted by atomic mass is 35.5. The molecule has 41 heavy (non-hydrogen) atoms. The van der Waals surface area contributed by atoms with Gasteiger partial charge in [0, 0.05) is 43.0 Å². The summed E-state index contributed by atoms with van der Waals surface area (Å²) in [6.45, 7) is 13.7. The van der Waals surface area contributed by atoms with E-state index in [1.807, 2.05) is 50.5 Å². The lowest BCUT2D eigenvalue weighted by molar-refractivity contribution is 0.0502. The van der Waals surface area contributed by atoms with Crippen LogP contribution < -0.4 is 9.80 Å². The van der Waals surface area contributed by atoms with Crippen LogP contribution in [0.4, 0.5) is 21.6 Å². The van der Waals surface area contributed by atoms with E-state index in [-0.39, 0.29) is 16.6 Å². The summed E-state index contributed by atoms with van der Waals surface area (Å²) in [7, 11) is 1.36. The molecule has 216 valence electrons. The molecule has 0 radical (unpaired) electrons. The van der Waals surface area contributed by atoms with E-state index in [2.05, 4.69) is 14.9 Å². The van der Waals surface area contributed by atoms with Crippen LogP contribution in [0.15, 0.2) is 30.5 Å². The first-order chi connectivity index (χ1) is 19.2. The maximum Gasteiger partial charge on any atom is 0.341 e. The highest BCUT2D eigenvalue weighted by molar-refractivity contribution is 6.30. The van der Waals surface area contributed by atoms with Crippen LogP contribution >= 0.6 is 11.6 Å². The second-order valence-electron chi connectivity index (χ2n) is 11.9. The zero-order valence-corrected chi connectivity index (χ0v) is 25.1. The number of methoxy groups -OCH3 is 1. The number of nitrogens with zero attached hydrogens (tertiary/aromatic N) is 6. The number of aryl methyl sites for hydroxylation is 2. The highest BCUT2D eigenvalue weighted by Crippen LogP contribution is 2.42. The number of pyridine rings is 1. The van der Waals surface area contributed by atoms with Gasteiger partial charge in [-0.25, -0.2) is 19.2 Å². The minimum absolute atomic E-state index is 0.0536. The molecule has 0 saturated carbocycles. The predicted molar refractivity (Wildman–Crippen MR) is 156 cm³/mol. The summed E-state index contributed by atoms with van der Waals surface area (Å²) in [5.74, 6) is -0.566. The Balaban J connectivity index is 1.42. The smallest absolute Gasteiger partial charge is 0.341 e. The van der Waals surface area contributed by atoms with Gasteiger partial charge in [-0.3, -0.25) is 9.78 Å². The summed E-state index contributed by atoms with van der Waals surface area (Å²) in [5, 5.41) is 0.0536. The largest absolute Gasteiger partial charge is 0.465 e. The maximum atomic E-state index is 14.2. The molecule has 0 atom stereocenters. The molecule has 3 aromatic rings. The number of piperazine rings is 1. The zero-order chi connectivity index (χ0) is 29.9. The summed E-state index contributed by atoms with van der Waals surface area (Å²) < 4.78 is 19.3. The van der Waals surface area contributed by atoms with Crippen molar-refractivity contribution in [3.05, 3.63) is 69.6 Å². The van der Waals surface area contributed by atoms with Crippen molar-refractivity contribution in [1.82, 2.24) is 19.9 Å². The lowest BCUT2D eigenvalue weighted by atomic mass is 9.92. The van der Waals surface area contributed by atoms with Gasteiger partial charge in [0.2, 0.25) is 0 Å². The SMILES string of the molecule is COC(=O)c1c(N2CCN(C(=O)c3cnc4c(n3)C(C)(C)CN4c3ccc(Cl)c(F)c3)C(C)(C)C2)cc(C)nc1C. The Hall–Kier alpha value is -3.79. The van der Waals surface area contributed by atoms with Crippen molar-refractivity contribution in [3.8, 4) is 0 Å². The average Bonchev–Trinajstić information content (AvgIpc) is 3.18. The second kappa shape index (κ2) is 10.2. The van der Waals surface area contributed by atoms with E-state index < -0.39 is 22.7 Å². The van der Waals surface area contributed by atoms with Crippen LogP contribution in [0, 0.1) is 19.7 Å². The number of benzene rings is 1. The van der Waals surface area contributed by atoms with Crippen LogP contribution in [-0.2, 0) is 10.2 Å². The molecule has 0 spiro atoms. The standard InChI is InChI=1S/C30H34ClFN6O3/c1-17-12-23(24(18(2)34-17)28(40)41-7)36-10-11-38(30(5,6)16-36)27(39)22-14-33-26-25(35-22)29(3,4)15-37(26)19-8-9-20(31)21(32)13-19/h8-9,12-14H,10-11,15-16H2,1-7H3. The van der Waals surface area contributed by atoms with Crippen molar-refractivity contribution in [2.45, 2.75) is 52.5 Å². The maximum absolute atomic E-state index is 14.2. The minimum Gasteiger partial charge on any atom is -0.465 e. The fourth-order valence-corrected chi connectivity index (χ4v) is 5.95. The second-order valence-corrected chi connectivity index (χ2v) is 12.3. The molecule has 0 N–H and O–H groups in total. The van der Waals surface area contributed by atoms with Crippen LogP contribution in [0.3, 0.4) is 0 Å². The van der Waals surface area contributed by atoms with Crippen LogP contribution in [0.5, 0.6) is 0 Å². The molecule has 9 nitrogen and oxygen atoms in total. The van der Waals surface area contributed by atoms with Crippen molar-refractivity contribution >= 4 is 40.7 Å². The normalized spacial score (nSPS) is 17.4. The molecule has 11 heteroatoms. The molecule has 2 aliphatic heterocycles. The number of halogens is 2. The molecular formula is C30H34ClFN6O3. The van der Waals surface area contributed by atoms with Crippen LogP contribution in [0.1, 0.15) is 65.6 Å². The van der Waals surface area contributed by atoms with Gasteiger partial charge < -0.3 is 19.4 Å². The van der Waals surface area contributed by atoms with E-state index >= 15 is 0 Å². The molecule has 2 aromatic heterocycles. The van der Waals surface area contributed by atoms with E-state index in [0.29, 0.717) is 54.6 Å². The van der Waals surface area contributed by atoms with E-state index in [1.165, 1.54) is 25.4 Å². The summed E-state index contributed by atoms with van der Waals surface area (Å²) >= 11 is 5.89. The third-order valence-corrected chi connectivity index (χ3v) is 8.13. The first-order valence-electron chi connectivity index (χ1n) is 13.5. The lowest BCUT2D eigenvalue weighted by Gasteiger charge is -2.48. The van der Waals surface area contributed by atoms with Crippen molar-refractivity contribution in [2.75, 3.05) is 43.1 Å². The molecule has 1 saturated heterocycles. The van der Waals surface area contributed by atoms with Gasteiger partial charge in [0.25, 0.3) is 5.91 Å². The topological polar surface area (TPSA) is 91.8 Å². The molecule has 1 amide bonds. The van der Waals surface area contributed by atoms with Gasteiger partial charge in [0.1, 0.15) is 17.1 Å². The Morgan fingerprint density at radius 1 is 1.05 bits per heavy atom. The predicted octanol–water partition coefficient (Wildman–Crippen LogP) is 5.24. The average molecular weight is 581 g/mol. The van der Waals surface area contributed by atoms with E-state index in [0.717, 1.165) is 11.4 Å². The highest BCUT2D eigenvalue weighted by Gasteiger charge is 2.42. The van der Waals surface area contributed by atoms with Crippen LogP contribution in [-0.4, -0.2) is 70.6 Å². The van der Waals surface area contributed by atoms with Gasteiger partial charge in [-0.1, -0.05) is 25.4 Å². The summed E-state index contributed by atoms with van der Waals surface area (Å²) in [6.07, 6.45) is 1.50. The molecular weight excluding hydrogens is 547 g/mol. The number of ether oxygens (including phenoxy) is 1. The van der Waals surface area contributed by atoms with Crippen LogP contribution in [0.25, 0.3) is 0 Å². The number of fused-ring (bicyclic) bond motifs is 1. The minimum atomic E-state index is -0.586. The molecule has 0 aliphatic carbocycles. The number of carbonyl (C=O) groups is 2. The summed E-state index contributed by atoms with van der Waals surface area (Å²) in [6, 6.07) is 6.54. The van der Waals surface area contributed by atoms with E-state index in [9.17, 15) is 14.0 Å². The van der Waals surface area contributed by atoms with Crippen molar-refractivity contribution < 1.29 is 18.7 Å². The fraction of sp³-hybridized carbons (Fsp3) is 0.433. The summed E-state index contributed by atoms with van der Waals surface area (Å²) in [5.41, 5.74) is 3.14. The van der Waals surface area contributed by atoms with Gasteiger partial charge in [-0.15, -0.1) is 0 Å². The Bertz CT molecular complexity index is 1560. The first-order valence-corrected chi connectivity index (χ1v) is 13.8. The van der Waals surface area contributed by atoms with E-state index in [4.69, 9.17) is 21.3 Å². The van der Waals surface area contributed by atoms with E-state index in [1.54, 1.807) is 13.0 Å². The molecule has 2 aliphatic rings. The number of rotatable bonds is 4. The molecule has 1 fully saturated rings. The number of esters is 1. The number of carbonyl (C=O) groups excluding carboxylic acids is 2. The molecule has 5 rings (SSSR count). The quantitative estimate of drug-likeness (QED) is 0.387. The van der Waals surface area contributed by atoms with Gasteiger partial charge in [0.05, 0.1) is 40.9 Å². The number of amides is 1. The molecule has 0 bridgehead atoms. The van der Waals surface area contributed by atoms with Gasteiger partial charge >= 0.3 is 5.97 Å². The molecule has 0 unspecified atom stereocenters. The fourth-order valence-electron chi connectivity index (χ4n) is 5.84. The van der Waals surface area contributed by atoms with Crippen molar-refractivity contribution in [1.29, 1.82) is 0 Å². The zero-order valence-electron chi connectivity index (χ0n) is 24.4. The Labute approximate surface area is 244 Å². The van der Waals surface area contributed by atoms with Crippen LogP contribution in [0.2, 0.25) is 5.02 Å². The number of aromatic nitrogens is 3. The van der Waals surface area contributed by atoms with Gasteiger partial charge in [-0.2, -0.15) is 0 Å². The monoisotopic (exact) mass is 580 g/mol. The molecule has 1 aromatic carbocycles. The van der Waals surface area contributed by atoms with Crippen molar-refractivity contribution in [2.24, 2.45) is 0 Å². The Morgan fingerprint density at radius 3 is 2.44 bits per heavy atom. The number of hydrogen-bond donors (Lipinski definition) is 0. The van der Waals surface area contributed by atoms with Crippen molar-refractivity contribution in [3.63, 3.8) is 0 Å².